The van der Waals surface area contributed by atoms with Gasteiger partial charge in [0.1, 0.15) is 11.6 Å². The van der Waals surface area contributed by atoms with Crippen LogP contribution in [0.2, 0.25) is 10.0 Å². The first-order chi connectivity index (χ1) is 30.0. The van der Waals surface area contributed by atoms with Crippen LogP contribution in [0, 0.1) is 0 Å². The number of halogens is 2. The van der Waals surface area contributed by atoms with Crippen LogP contribution in [-0.2, 0) is 20.8 Å². The fourth-order valence-electron chi connectivity index (χ4n) is 7.01. The molecule has 61 heavy (non-hydrogen) atoms. The fraction of sp³-hybridized carbons (Fsp3) is 0.292. The minimum Gasteiger partial charge on any atom is -0.381 e. The van der Waals surface area contributed by atoms with E-state index in [-0.39, 0.29) is 18.3 Å². The lowest BCUT2D eigenvalue weighted by Gasteiger charge is -2.25. The number of morpholine rings is 3. The van der Waals surface area contributed by atoms with Gasteiger partial charge in [0.15, 0.2) is 0 Å². The molecule has 5 heterocycles. The lowest BCUT2D eigenvalue weighted by Crippen LogP contribution is -2.33. The van der Waals surface area contributed by atoms with Crippen molar-refractivity contribution in [2.75, 3.05) is 81.7 Å². The number of benzene rings is 4. The van der Waals surface area contributed by atoms with E-state index >= 15 is 0 Å². The van der Waals surface area contributed by atoms with Crippen LogP contribution in [0.1, 0.15) is 40.6 Å². The lowest BCUT2D eigenvalue weighted by molar-refractivity contribution is 0.0276. The fourth-order valence-corrected chi connectivity index (χ4v) is 7.54. The molecule has 2 aromatic heterocycles. The molecule has 0 saturated carbocycles. The summed E-state index contributed by atoms with van der Waals surface area (Å²) in [5, 5.41) is 18.0. The summed E-state index contributed by atoms with van der Waals surface area (Å²) < 4.78 is 17.2. The second-order valence-corrected chi connectivity index (χ2v) is 15.5. The summed E-state index contributed by atoms with van der Waals surface area (Å²) in [4.78, 5) is 10.7. The highest BCUT2D eigenvalue weighted by molar-refractivity contribution is 6.36. The molecule has 11 nitrogen and oxygen atoms in total. The molecular formula is C48H54Cl2N8O3. The number of ether oxygens (including phenoxy) is 3. The lowest BCUT2D eigenvalue weighted by atomic mass is 10.1. The molecule has 6 aromatic rings. The Hall–Kier alpha value is -5.08. The average molecular weight is 862 g/mol. The van der Waals surface area contributed by atoms with Gasteiger partial charge in [-0.25, -0.2) is 9.97 Å². The number of pyridine rings is 2. The summed E-state index contributed by atoms with van der Waals surface area (Å²) >= 11 is 12.3. The second-order valence-electron chi connectivity index (χ2n) is 14.7. The first-order valence-electron chi connectivity index (χ1n) is 20.8. The largest absolute Gasteiger partial charge is 0.381 e. The second kappa shape index (κ2) is 23.2. The van der Waals surface area contributed by atoms with Crippen molar-refractivity contribution in [1.82, 2.24) is 25.9 Å². The molecule has 0 amide bonds. The minimum absolute atomic E-state index is 0.140. The van der Waals surface area contributed by atoms with Crippen LogP contribution < -0.4 is 31.5 Å². The summed E-state index contributed by atoms with van der Waals surface area (Å²) in [6, 6.07) is 42.4. The Morgan fingerprint density at radius 3 is 1.52 bits per heavy atom. The molecule has 4 aromatic carbocycles. The van der Waals surface area contributed by atoms with E-state index in [1.807, 2.05) is 67.8 Å². The van der Waals surface area contributed by atoms with E-state index in [9.17, 15) is 0 Å². The Labute approximate surface area is 369 Å². The Bertz CT molecular complexity index is 2150. The van der Waals surface area contributed by atoms with Crippen LogP contribution in [0.25, 0.3) is 0 Å². The van der Waals surface area contributed by atoms with E-state index < -0.39 is 0 Å². The number of anilines is 5. The van der Waals surface area contributed by atoms with Crippen LogP contribution in [0.15, 0.2) is 140 Å². The van der Waals surface area contributed by atoms with Crippen LogP contribution >= 0.6 is 23.2 Å². The number of hydrogen-bond donors (Lipinski definition) is 5. The molecule has 3 atom stereocenters. The number of hydrogen-bond acceptors (Lipinski definition) is 11. The maximum Gasteiger partial charge on any atom is 0.132 e. The van der Waals surface area contributed by atoms with E-state index in [2.05, 4.69) is 114 Å². The summed E-state index contributed by atoms with van der Waals surface area (Å²) in [6.45, 7) is 8.35. The van der Waals surface area contributed by atoms with Crippen LogP contribution in [0.4, 0.5) is 28.7 Å². The van der Waals surface area contributed by atoms with Gasteiger partial charge >= 0.3 is 0 Å². The normalized spacial score (nSPS) is 18.6. The average Bonchev–Trinajstić information content (AvgIpc) is 3.33. The van der Waals surface area contributed by atoms with Crippen molar-refractivity contribution in [2.24, 2.45) is 0 Å². The van der Waals surface area contributed by atoms with Crippen molar-refractivity contribution in [3.63, 3.8) is 0 Å². The highest BCUT2D eigenvalue weighted by Gasteiger charge is 2.18. The van der Waals surface area contributed by atoms with Crippen molar-refractivity contribution in [1.29, 1.82) is 0 Å². The van der Waals surface area contributed by atoms with Crippen molar-refractivity contribution in [2.45, 2.75) is 24.9 Å². The summed E-state index contributed by atoms with van der Waals surface area (Å²) in [6.07, 6.45) is 4.05. The van der Waals surface area contributed by atoms with Gasteiger partial charge in [0, 0.05) is 97.9 Å². The molecule has 0 aliphatic carbocycles. The van der Waals surface area contributed by atoms with E-state index in [1.165, 1.54) is 16.7 Å². The molecule has 5 N–H and O–H groups in total. The zero-order valence-electron chi connectivity index (χ0n) is 34.4. The predicted molar refractivity (Wildman–Crippen MR) is 248 cm³/mol. The molecule has 3 saturated heterocycles. The Morgan fingerprint density at radius 1 is 0.574 bits per heavy atom. The molecule has 0 bridgehead atoms. The van der Waals surface area contributed by atoms with Gasteiger partial charge in [-0.3, -0.25) is 0 Å². The number of nitrogens with zero attached hydrogens (tertiary/aromatic N) is 3. The maximum absolute atomic E-state index is 6.17. The highest BCUT2D eigenvalue weighted by atomic mass is 35.5. The van der Waals surface area contributed by atoms with Crippen molar-refractivity contribution >= 4 is 51.9 Å². The molecule has 0 spiro atoms. The smallest absolute Gasteiger partial charge is 0.132 e. The third kappa shape index (κ3) is 13.2. The zero-order chi connectivity index (χ0) is 42.1. The zero-order valence-corrected chi connectivity index (χ0v) is 35.9. The van der Waals surface area contributed by atoms with Gasteiger partial charge in [-0.2, -0.15) is 0 Å². The van der Waals surface area contributed by atoms with E-state index in [0.717, 1.165) is 93.4 Å². The summed E-state index contributed by atoms with van der Waals surface area (Å²) in [5.74, 6) is 1.79. The number of rotatable bonds is 10. The molecule has 13 heteroatoms. The Balaban J connectivity index is 0.000000138. The standard InChI is InChI=1S/C17H18Cl2N2O.C16H19N3O.C15H17N3O/c18-15-2-1-3-16(19)14(15)10-21-13-6-4-12(5-7-13)17-11-20-8-9-22-17;1-19(16-4-2-3-9-18-16)14-7-5-13(6-8-14)15-12-17-10-11-20-15;1-2-8-17-15(3-1)18-13-6-4-12(5-7-13)14-11-16-9-10-19-14/h1-7,17,20-21H,8-11H2;2-9,15,17H,10-12H2,1H3;1-8,14,16H,9-11H2,(H,17,18)/t;15-;14-/m.11/s1. The molecule has 9 rings (SSSR count). The first kappa shape index (κ1) is 44.0. The van der Waals surface area contributed by atoms with Crippen LogP contribution in [0.3, 0.4) is 0 Å². The third-order valence-corrected chi connectivity index (χ3v) is 11.2. The van der Waals surface area contributed by atoms with Gasteiger partial charge in [0.25, 0.3) is 0 Å². The summed E-state index contributed by atoms with van der Waals surface area (Å²) in [7, 11) is 2.02. The van der Waals surface area contributed by atoms with E-state index in [1.54, 1.807) is 6.20 Å². The highest BCUT2D eigenvalue weighted by Crippen LogP contribution is 2.28. The SMILES string of the molecule is CN(c1ccc([C@H]2CNCCO2)cc1)c1ccccn1.Clc1cccc(Cl)c1CNc1ccc(C2CNCCO2)cc1.c1ccc(Nc2ccc([C@H]3CNCCO3)cc2)nc1. The summed E-state index contributed by atoms with van der Waals surface area (Å²) in [5.41, 5.74) is 7.71. The molecule has 318 valence electrons. The topological polar surface area (TPSA) is 117 Å². The monoisotopic (exact) mass is 860 g/mol. The van der Waals surface area contributed by atoms with Gasteiger partial charge < -0.3 is 45.7 Å². The quantitative estimate of drug-likeness (QED) is 0.0908. The van der Waals surface area contributed by atoms with Gasteiger partial charge in [0.05, 0.1) is 38.1 Å². The minimum atomic E-state index is 0.140. The van der Waals surface area contributed by atoms with Crippen LogP contribution in [0.5, 0.6) is 0 Å². The number of nitrogens with one attached hydrogen (secondary N) is 5. The molecule has 3 aliphatic rings. The van der Waals surface area contributed by atoms with Crippen LogP contribution in [-0.4, -0.2) is 76.1 Å². The molecule has 3 aliphatic heterocycles. The van der Waals surface area contributed by atoms with Gasteiger partial charge in [0.2, 0.25) is 0 Å². The van der Waals surface area contributed by atoms with Crippen molar-refractivity contribution < 1.29 is 14.2 Å². The number of aromatic nitrogens is 2. The Morgan fingerprint density at radius 2 is 1.07 bits per heavy atom. The molecule has 1 unspecified atom stereocenters. The molecule has 0 radical (unpaired) electrons. The first-order valence-corrected chi connectivity index (χ1v) is 21.5. The van der Waals surface area contributed by atoms with Gasteiger partial charge in [-0.15, -0.1) is 0 Å². The maximum atomic E-state index is 6.17. The van der Waals surface area contributed by atoms with Crippen molar-refractivity contribution in [3.8, 4) is 0 Å². The molecule has 3 fully saturated rings. The van der Waals surface area contributed by atoms with E-state index in [0.29, 0.717) is 16.6 Å². The van der Waals surface area contributed by atoms with Crippen molar-refractivity contribution in [3.05, 3.63) is 172 Å². The molecular weight excluding hydrogens is 807 g/mol. The third-order valence-electron chi connectivity index (χ3n) is 10.5. The Kier molecular flexibility index (Phi) is 16.7. The van der Waals surface area contributed by atoms with E-state index in [4.69, 9.17) is 37.4 Å². The van der Waals surface area contributed by atoms with Gasteiger partial charge in [-0.05, 0) is 89.5 Å². The predicted octanol–water partition coefficient (Wildman–Crippen LogP) is 9.26. The van der Waals surface area contributed by atoms with Gasteiger partial charge in [-0.1, -0.05) is 77.8 Å².